The molecule has 1 aliphatic rings. The third kappa shape index (κ3) is 3.18. The normalized spacial score (nSPS) is 14.6. The predicted octanol–water partition coefficient (Wildman–Crippen LogP) is 4.38. The Kier molecular flexibility index (Phi) is 4.37. The van der Waals surface area contributed by atoms with Crippen molar-refractivity contribution in [1.82, 2.24) is 14.6 Å². The van der Waals surface area contributed by atoms with Gasteiger partial charge in [0.05, 0.1) is 5.69 Å². The highest BCUT2D eigenvalue weighted by Crippen LogP contribution is 2.27. The molecule has 3 heterocycles. The fourth-order valence-electron chi connectivity index (χ4n) is 3.73. The van der Waals surface area contributed by atoms with Crippen molar-refractivity contribution in [3.8, 4) is 11.3 Å². The summed E-state index contributed by atoms with van der Waals surface area (Å²) in [5.74, 6) is 0.989. The summed E-state index contributed by atoms with van der Waals surface area (Å²) >= 11 is 6.01. The van der Waals surface area contributed by atoms with Gasteiger partial charge in [-0.2, -0.15) is 5.10 Å². The monoisotopic (exact) mass is 389 g/mol. The van der Waals surface area contributed by atoms with Crippen LogP contribution in [0.2, 0.25) is 5.02 Å². The van der Waals surface area contributed by atoms with Gasteiger partial charge in [0.2, 0.25) is 0 Å². The lowest BCUT2D eigenvalue weighted by atomic mass is 10.1. The molecule has 0 amide bonds. The first-order valence-electron chi connectivity index (χ1n) is 9.43. The Bertz CT molecular complexity index is 1080. The van der Waals surface area contributed by atoms with Gasteiger partial charge in [-0.3, -0.25) is 0 Å². The number of anilines is 2. The van der Waals surface area contributed by atoms with Gasteiger partial charge in [0, 0.05) is 54.8 Å². The van der Waals surface area contributed by atoms with E-state index in [1.165, 1.54) is 5.69 Å². The lowest BCUT2D eigenvalue weighted by Gasteiger charge is -2.36. The summed E-state index contributed by atoms with van der Waals surface area (Å²) in [5.41, 5.74) is 4.28. The smallest absolute Gasteiger partial charge is 0.154 e. The first-order valence-corrected chi connectivity index (χ1v) is 9.81. The van der Waals surface area contributed by atoms with Crippen molar-refractivity contribution in [2.24, 2.45) is 0 Å². The zero-order chi connectivity index (χ0) is 18.9. The van der Waals surface area contributed by atoms with Crippen LogP contribution < -0.4 is 9.80 Å². The molecule has 4 aromatic rings. The third-order valence-electron chi connectivity index (χ3n) is 5.21. The van der Waals surface area contributed by atoms with Gasteiger partial charge < -0.3 is 9.80 Å². The van der Waals surface area contributed by atoms with Crippen LogP contribution in [-0.4, -0.2) is 40.8 Å². The Morgan fingerprint density at radius 3 is 2.29 bits per heavy atom. The highest BCUT2D eigenvalue weighted by molar-refractivity contribution is 6.30. The number of hydrogen-bond acceptors (Lipinski definition) is 4. The molecule has 2 aromatic heterocycles. The molecule has 0 spiro atoms. The quantitative estimate of drug-likeness (QED) is 0.521. The van der Waals surface area contributed by atoms with E-state index in [4.69, 9.17) is 16.7 Å². The first-order chi connectivity index (χ1) is 13.8. The van der Waals surface area contributed by atoms with Crippen molar-refractivity contribution in [3.63, 3.8) is 0 Å². The maximum absolute atomic E-state index is 6.01. The number of fused-ring (bicyclic) bond motifs is 1. The lowest BCUT2D eigenvalue weighted by molar-refractivity contribution is 0.647. The second kappa shape index (κ2) is 7.17. The summed E-state index contributed by atoms with van der Waals surface area (Å²) < 4.78 is 1.91. The predicted molar refractivity (Wildman–Crippen MR) is 114 cm³/mol. The number of nitrogens with zero attached hydrogens (tertiary/aromatic N) is 5. The highest BCUT2D eigenvalue weighted by Gasteiger charge is 2.21. The molecular weight excluding hydrogens is 370 g/mol. The van der Waals surface area contributed by atoms with Crippen molar-refractivity contribution in [2.45, 2.75) is 0 Å². The molecule has 6 heteroatoms. The molecule has 1 saturated heterocycles. The summed E-state index contributed by atoms with van der Waals surface area (Å²) in [5, 5.41) is 5.46. The fraction of sp³-hybridized carbons (Fsp3) is 0.182. The molecular formula is C22H20ClN5. The fourth-order valence-corrected chi connectivity index (χ4v) is 3.85. The van der Waals surface area contributed by atoms with Crippen LogP contribution in [0.15, 0.2) is 73.1 Å². The van der Waals surface area contributed by atoms with Crippen molar-refractivity contribution in [1.29, 1.82) is 0 Å². The van der Waals surface area contributed by atoms with Crippen LogP contribution in [0, 0.1) is 0 Å². The number of rotatable bonds is 3. The van der Waals surface area contributed by atoms with Crippen molar-refractivity contribution >= 4 is 28.6 Å². The van der Waals surface area contributed by atoms with Gasteiger partial charge in [0.15, 0.2) is 5.82 Å². The van der Waals surface area contributed by atoms with E-state index in [9.17, 15) is 0 Å². The van der Waals surface area contributed by atoms with Gasteiger partial charge in [-0.05, 0) is 30.3 Å². The third-order valence-corrected chi connectivity index (χ3v) is 5.46. The van der Waals surface area contributed by atoms with E-state index in [0.717, 1.165) is 53.8 Å². The van der Waals surface area contributed by atoms with Gasteiger partial charge >= 0.3 is 0 Å². The second-order valence-electron chi connectivity index (χ2n) is 6.93. The van der Waals surface area contributed by atoms with Crippen LogP contribution in [0.4, 0.5) is 11.5 Å². The van der Waals surface area contributed by atoms with Crippen LogP contribution in [0.5, 0.6) is 0 Å². The average Bonchev–Trinajstić information content (AvgIpc) is 3.19. The topological polar surface area (TPSA) is 36.7 Å². The zero-order valence-corrected chi connectivity index (χ0v) is 16.1. The van der Waals surface area contributed by atoms with Gasteiger partial charge in [0.25, 0.3) is 0 Å². The minimum atomic E-state index is 0.728. The Morgan fingerprint density at radius 1 is 0.821 bits per heavy atom. The molecule has 5 rings (SSSR count). The molecule has 28 heavy (non-hydrogen) atoms. The van der Waals surface area contributed by atoms with Crippen LogP contribution in [0.1, 0.15) is 0 Å². The Hall–Kier alpha value is -3.05. The van der Waals surface area contributed by atoms with Crippen molar-refractivity contribution in [3.05, 3.63) is 78.1 Å². The van der Waals surface area contributed by atoms with Crippen LogP contribution in [-0.2, 0) is 0 Å². The van der Waals surface area contributed by atoms with E-state index < -0.39 is 0 Å². The number of halogens is 1. The Morgan fingerprint density at radius 2 is 1.54 bits per heavy atom. The van der Waals surface area contributed by atoms with E-state index in [2.05, 4.69) is 51.2 Å². The Balaban J connectivity index is 1.41. The highest BCUT2D eigenvalue weighted by atomic mass is 35.5. The molecule has 0 saturated carbocycles. The SMILES string of the molecule is Clc1ccc(-c2cc3c(N4CCN(c5ccccc5)CC4)nccn3n2)cc1. The van der Waals surface area contributed by atoms with Crippen molar-refractivity contribution in [2.75, 3.05) is 36.0 Å². The molecule has 2 aromatic carbocycles. The van der Waals surface area contributed by atoms with E-state index in [-0.39, 0.29) is 0 Å². The molecule has 140 valence electrons. The zero-order valence-electron chi connectivity index (χ0n) is 15.4. The van der Waals surface area contributed by atoms with Gasteiger partial charge in [0.1, 0.15) is 5.52 Å². The molecule has 0 atom stereocenters. The second-order valence-corrected chi connectivity index (χ2v) is 7.36. The van der Waals surface area contributed by atoms with E-state index in [0.29, 0.717) is 0 Å². The summed E-state index contributed by atoms with van der Waals surface area (Å²) in [6, 6.07) is 20.5. The molecule has 0 radical (unpaired) electrons. The van der Waals surface area contributed by atoms with Crippen LogP contribution in [0.3, 0.4) is 0 Å². The maximum atomic E-state index is 6.01. The molecule has 0 bridgehead atoms. The molecule has 0 aliphatic carbocycles. The standard InChI is InChI=1S/C22H20ClN5/c23-18-8-6-17(7-9-18)20-16-21-22(24-10-11-28(21)25-20)27-14-12-26(13-15-27)19-4-2-1-3-5-19/h1-11,16H,12-15H2. The largest absolute Gasteiger partial charge is 0.368 e. The minimum absolute atomic E-state index is 0.728. The van der Waals surface area contributed by atoms with Crippen LogP contribution >= 0.6 is 11.6 Å². The minimum Gasteiger partial charge on any atom is -0.368 e. The summed E-state index contributed by atoms with van der Waals surface area (Å²) in [7, 11) is 0. The van der Waals surface area contributed by atoms with Gasteiger partial charge in [-0.1, -0.05) is 41.9 Å². The van der Waals surface area contributed by atoms with E-state index in [1.807, 2.05) is 41.2 Å². The van der Waals surface area contributed by atoms with Crippen LogP contribution in [0.25, 0.3) is 16.8 Å². The lowest BCUT2D eigenvalue weighted by Crippen LogP contribution is -2.47. The van der Waals surface area contributed by atoms with Gasteiger partial charge in [-0.25, -0.2) is 9.50 Å². The molecule has 0 unspecified atom stereocenters. The van der Waals surface area contributed by atoms with Gasteiger partial charge in [-0.15, -0.1) is 0 Å². The number of piperazine rings is 1. The number of benzene rings is 2. The average molecular weight is 390 g/mol. The maximum Gasteiger partial charge on any atom is 0.154 e. The first kappa shape index (κ1) is 17.1. The molecule has 0 N–H and O–H groups in total. The number of para-hydroxylation sites is 1. The summed E-state index contributed by atoms with van der Waals surface area (Å²) in [6.45, 7) is 3.82. The van der Waals surface area contributed by atoms with E-state index in [1.54, 1.807) is 0 Å². The summed E-state index contributed by atoms with van der Waals surface area (Å²) in [4.78, 5) is 9.45. The van der Waals surface area contributed by atoms with E-state index >= 15 is 0 Å². The molecule has 5 nitrogen and oxygen atoms in total. The number of aromatic nitrogens is 3. The molecule has 1 aliphatic heterocycles. The molecule has 1 fully saturated rings. The summed E-state index contributed by atoms with van der Waals surface area (Å²) in [6.07, 6.45) is 3.73. The van der Waals surface area contributed by atoms with Crippen molar-refractivity contribution < 1.29 is 0 Å². The number of hydrogen-bond donors (Lipinski definition) is 0. The Labute approximate surface area is 168 Å².